The Morgan fingerprint density at radius 2 is 1.56 bits per heavy atom. The van der Waals surface area contributed by atoms with Crippen LogP contribution in [-0.2, 0) is 6.54 Å². The Morgan fingerprint density at radius 1 is 0.880 bits per heavy atom. The van der Waals surface area contributed by atoms with Crippen molar-refractivity contribution in [2.24, 2.45) is 0 Å². The average molecular weight is 331 g/mol. The number of carbonyl (C=O) groups is 1. The van der Waals surface area contributed by atoms with Crippen LogP contribution in [0.25, 0.3) is 10.8 Å². The molecule has 128 valence electrons. The third-order valence-electron chi connectivity index (χ3n) is 4.67. The van der Waals surface area contributed by atoms with Gasteiger partial charge in [0, 0.05) is 31.1 Å². The van der Waals surface area contributed by atoms with Crippen molar-refractivity contribution in [2.75, 3.05) is 6.54 Å². The van der Waals surface area contributed by atoms with E-state index in [1.54, 1.807) is 0 Å². The summed E-state index contributed by atoms with van der Waals surface area (Å²) in [6.45, 7) is 6.02. The van der Waals surface area contributed by atoms with Crippen LogP contribution in [0.2, 0.25) is 0 Å². The number of rotatable bonds is 7. The molecule has 2 nitrogen and oxygen atoms in total. The summed E-state index contributed by atoms with van der Waals surface area (Å²) < 4.78 is 0. The molecule has 0 aliphatic rings. The number of hydrogen-bond acceptors (Lipinski definition) is 2. The molecule has 3 aromatic rings. The zero-order chi connectivity index (χ0) is 17.6. The van der Waals surface area contributed by atoms with E-state index >= 15 is 0 Å². The maximum atomic E-state index is 12.8. The van der Waals surface area contributed by atoms with Gasteiger partial charge in [0.05, 0.1) is 0 Å². The Kier molecular flexibility index (Phi) is 5.62. The summed E-state index contributed by atoms with van der Waals surface area (Å²) in [5.41, 5.74) is 2.12. The molecular weight excluding hydrogens is 306 g/mol. The van der Waals surface area contributed by atoms with Crippen molar-refractivity contribution in [2.45, 2.75) is 32.9 Å². The van der Waals surface area contributed by atoms with E-state index in [1.165, 1.54) is 5.56 Å². The highest BCUT2D eigenvalue weighted by Crippen LogP contribution is 2.20. The van der Waals surface area contributed by atoms with Crippen LogP contribution in [0.4, 0.5) is 0 Å². The maximum Gasteiger partial charge on any atom is 0.164 e. The molecule has 0 radical (unpaired) electrons. The van der Waals surface area contributed by atoms with Gasteiger partial charge in [-0.1, -0.05) is 72.8 Å². The second kappa shape index (κ2) is 8.09. The molecule has 0 atom stereocenters. The van der Waals surface area contributed by atoms with E-state index in [0.717, 1.165) is 29.4 Å². The van der Waals surface area contributed by atoms with Crippen molar-refractivity contribution in [1.82, 2.24) is 4.90 Å². The summed E-state index contributed by atoms with van der Waals surface area (Å²) in [7, 11) is 0. The molecule has 0 unspecified atom stereocenters. The minimum Gasteiger partial charge on any atom is -0.296 e. The number of carbonyl (C=O) groups excluding carboxylic acids is 1. The van der Waals surface area contributed by atoms with Crippen LogP contribution in [0, 0.1) is 0 Å². The summed E-state index contributed by atoms with van der Waals surface area (Å²) >= 11 is 0. The Bertz CT molecular complexity index is 834. The highest BCUT2D eigenvalue weighted by atomic mass is 16.1. The highest BCUT2D eigenvalue weighted by molar-refractivity contribution is 6.08. The smallest absolute Gasteiger partial charge is 0.164 e. The molecule has 0 fully saturated rings. The van der Waals surface area contributed by atoms with Gasteiger partial charge in [0.1, 0.15) is 0 Å². The summed E-state index contributed by atoms with van der Waals surface area (Å²) in [5.74, 6) is 0.218. The fraction of sp³-hybridized carbons (Fsp3) is 0.261. The van der Waals surface area contributed by atoms with Gasteiger partial charge in [0.15, 0.2) is 5.78 Å². The van der Waals surface area contributed by atoms with E-state index in [4.69, 9.17) is 0 Å². The Balaban J connectivity index is 1.71. The molecule has 0 amide bonds. The number of fused-ring (bicyclic) bond motifs is 1. The van der Waals surface area contributed by atoms with E-state index in [9.17, 15) is 4.79 Å². The molecule has 0 aromatic heterocycles. The normalized spacial score (nSPS) is 11.4. The molecule has 0 N–H and O–H groups in total. The van der Waals surface area contributed by atoms with Gasteiger partial charge in [-0.3, -0.25) is 9.69 Å². The predicted octanol–water partition coefficient (Wildman–Crippen LogP) is 5.32. The lowest BCUT2D eigenvalue weighted by molar-refractivity contribution is 0.0954. The zero-order valence-corrected chi connectivity index (χ0v) is 15.0. The van der Waals surface area contributed by atoms with Gasteiger partial charge in [-0.15, -0.1) is 0 Å². The van der Waals surface area contributed by atoms with Crippen LogP contribution < -0.4 is 0 Å². The molecule has 0 saturated heterocycles. The number of ketones is 1. The average Bonchev–Trinajstić information content (AvgIpc) is 2.65. The van der Waals surface area contributed by atoms with Crippen molar-refractivity contribution in [1.29, 1.82) is 0 Å². The van der Waals surface area contributed by atoms with Crippen molar-refractivity contribution in [3.8, 4) is 0 Å². The van der Waals surface area contributed by atoms with E-state index in [2.05, 4.69) is 55.1 Å². The summed E-state index contributed by atoms with van der Waals surface area (Å²) in [5, 5.41) is 2.17. The third kappa shape index (κ3) is 4.34. The van der Waals surface area contributed by atoms with Gasteiger partial charge in [-0.25, -0.2) is 0 Å². The van der Waals surface area contributed by atoms with Crippen molar-refractivity contribution in [3.63, 3.8) is 0 Å². The van der Waals surface area contributed by atoms with E-state index in [-0.39, 0.29) is 5.78 Å². The number of hydrogen-bond donors (Lipinski definition) is 0. The van der Waals surface area contributed by atoms with Crippen LogP contribution in [0.5, 0.6) is 0 Å². The predicted molar refractivity (Wildman–Crippen MR) is 105 cm³/mol. The molecule has 0 saturated carbocycles. The Labute approximate surface area is 150 Å². The Morgan fingerprint density at radius 3 is 2.32 bits per heavy atom. The standard InChI is InChI=1S/C23H25NO/c1-18(2)24(17-19-9-4-3-5-10-19)16-15-23(25)22-14-8-12-20-11-6-7-13-21(20)22/h3-14,18H,15-17H2,1-2H3. The van der Waals surface area contributed by atoms with E-state index in [0.29, 0.717) is 12.5 Å². The SMILES string of the molecule is CC(C)N(CCC(=O)c1cccc2ccccc12)Cc1ccccc1. The first-order valence-corrected chi connectivity index (χ1v) is 8.94. The quantitative estimate of drug-likeness (QED) is 0.546. The van der Waals surface area contributed by atoms with Gasteiger partial charge in [0.2, 0.25) is 0 Å². The van der Waals surface area contributed by atoms with Gasteiger partial charge < -0.3 is 0 Å². The second-order valence-electron chi connectivity index (χ2n) is 6.75. The molecule has 0 aliphatic carbocycles. The Hall–Kier alpha value is -2.45. The van der Waals surface area contributed by atoms with Crippen molar-refractivity contribution >= 4 is 16.6 Å². The lowest BCUT2D eigenvalue weighted by Gasteiger charge is -2.26. The topological polar surface area (TPSA) is 20.3 Å². The molecular formula is C23H25NO. The molecule has 2 heteroatoms. The van der Waals surface area contributed by atoms with Crippen LogP contribution in [0.3, 0.4) is 0 Å². The highest BCUT2D eigenvalue weighted by Gasteiger charge is 2.15. The zero-order valence-electron chi connectivity index (χ0n) is 15.0. The van der Waals surface area contributed by atoms with Crippen LogP contribution in [0.15, 0.2) is 72.8 Å². The molecule has 3 aromatic carbocycles. The first kappa shape index (κ1) is 17.4. The van der Waals surface area contributed by atoms with Crippen LogP contribution in [-0.4, -0.2) is 23.3 Å². The third-order valence-corrected chi connectivity index (χ3v) is 4.67. The lowest BCUT2D eigenvalue weighted by atomic mass is 9.99. The van der Waals surface area contributed by atoms with E-state index in [1.807, 2.05) is 36.4 Å². The molecule has 0 aliphatic heterocycles. The minimum absolute atomic E-state index is 0.218. The van der Waals surface area contributed by atoms with Crippen molar-refractivity contribution < 1.29 is 4.79 Å². The molecule has 0 spiro atoms. The summed E-state index contributed by atoms with van der Waals surface area (Å²) in [6.07, 6.45) is 0.541. The fourth-order valence-electron chi connectivity index (χ4n) is 3.19. The lowest BCUT2D eigenvalue weighted by Crippen LogP contribution is -2.32. The summed E-state index contributed by atoms with van der Waals surface area (Å²) in [4.78, 5) is 15.2. The van der Waals surface area contributed by atoms with Crippen LogP contribution >= 0.6 is 0 Å². The minimum atomic E-state index is 0.218. The first-order valence-electron chi connectivity index (χ1n) is 8.94. The molecule has 3 rings (SSSR count). The van der Waals surface area contributed by atoms with Crippen molar-refractivity contribution in [3.05, 3.63) is 83.9 Å². The van der Waals surface area contributed by atoms with Gasteiger partial charge in [-0.2, -0.15) is 0 Å². The summed E-state index contributed by atoms with van der Waals surface area (Å²) in [6, 6.07) is 24.9. The monoisotopic (exact) mass is 331 g/mol. The molecule has 0 bridgehead atoms. The fourth-order valence-corrected chi connectivity index (χ4v) is 3.19. The van der Waals surface area contributed by atoms with Gasteiger partial charge in [0.25, 0.3) is 0 Å². The molecule has 0 heterocycles. The van der Waals surface area contributed by atoms with Gasteiger partial charge >= 0.3 is 0 Å². The molecule has 25 heavy (non-hydrogen) atoms. The maximum absolute atomic E-state index is 12.8. The van der Waals surface area contributed by atoms with E-state index < -0.39 is 0 Å². The van der Waals surface area contributed by atoms with Crippen LogP contribution in [0.1, 0.15) is 36.2 Å². The second-order valence-corrected chi connectivity index (χ2v) is 6.75. The first-order chi connectivity index (χ1) is 12.1. The largest absolute Gasteiger partial charge is 0.296 e. The number of nitrogens with zero attached hydrogens (tertiary/aromatic N) is 1. The number of benzene rings is 3. The number of Topliss-reactive ketones (excluding diaryl/α,β-unsaturated/α-hetero) is 1. The van der Waals surface area contributed by atoms with Gasteiger partial charge in [-0.05, 0) is 30.2 Å².